The lowest BCUT2D eigenvalue weighted by molar-refractivity contribution is 0.0602. The van der Waals surface area contributed by atoms with Crippen molar-refractivity contribution in [3.8, 4) is 5.75 Å². The Hall–Kier alpha value is -3.09. The first kappa shape index (κ1) is 17.3. The number of methoxy groups -OCH3 is 1. The molecule has 24 heavy (non-hydrogen) atoms. The number of carbonyl (C=O) groups excluding carboxylic acids is 2. The van der Waals surface area contributed by atoms with Gasteiger partial charge in [-0.2, -0.15) is 0 Å². The van der Waals surface area contributed by atoms with Gasteiger partial charge in [-0.15, -0.1) is 0 Å². The zero-order valence-corrected chi connectivity index (χ0v) is 13.0. The Balaban J connectivity index is 1.79. The number of carbonyl (C=O) groups is 2. The van der Waals surface area contributed by atoms with E-state index in [2.05, 4.69) is 15.4 Å². The van der Waals surface area contributed by atoms with Crippen LogP contribution >= 0.6 is 0 Å². The molecular formula is C17H17FN2O4. The van der Waals surface area contributed by atoms with Gasteiger partial charge in [-0.1, -0.05) is 12.1 Å². The summed E-state index contributed by atoms with van der Waals surface area (Å²) in [4.78, 5) is 23.5. The third-order valence-electron chi connectivity index (χ3n) is 3.05. The molecular weight excluding hydrogens is 315 g/mol. The molecule has 0 bridgehead atoms. The lowest BCUT2D eigenvalue weighted by Crippen LogP contribution is -2.32. The number of rotatable bonds is 6. The van der Waals surface area contributed by atoms with Crippen molar-refractivity contribution in [2.45, 2.75) is 0 Å². The van der Waals surface area contributed by atoms with E-state index in [0.29, 0.717) is 11.4 Å². The van der Waals surface area contributed by atoms with Crippen molar-refractivity contribution in [1.29, 1.82) is 0 Å². The number of amides is 2. The van der Waals surface area contributed by atoms with Crippen molar-refractivity contribution in [2.75, 3.05) is 25.6 Å². The van der Waals surface area contributed by atoms with Crippen LogP contribution in [-0.2, 0) is 4.74 Å². The first-order chi connectivity index (χ1) is 11.6. The van der Waals surface area contributed by atoms with Gasteiger partial charge in [-0.05, 0) is 36.4 Å². The SMILES string of the molecule is COC(=O)c1ccccc1NC(=O)NCCOc1ccc(F)cc1. The maximum atomic E-state index is 12.7. The number of nitrogens with one attached hydrogen (secondary N) is 2. The van der Waals surface area contributed by atoms with E-state index in [1.54, 1.807) is 24.3 Å². The van der Waals surface area contributed by atoms with Gasteiger partial charge in [0, 0.05) is 0 Å². The van der Waals surface area contributed by atoms with Gasteiger partial charge in [0.2, 0.25) is 0 Å². The molecule has 0 aliphatic rings. The second kappa shape index (κ2) is 8.52. The second-order valence-corrected chi connectivity index (χ2v) is 4.72. The highest BCUT2D eigenvalue weighted by molar-refractivity contribution is 6.00. The van der Waals surface area contributed by atoms with Crippen LogP contribution in [-0.4, -0.2) is 32.3 Å². The van der Waals surface area contributed by atoms with E-state index in [9.17, 15) is 14.0 Å². The van der Waals surface area contributed by atoms with E-state index >= 15 is 0 Å². The Morgan fingerprint density at radius 2 is 1.79 bits per heavy atom. The van der Waals surface area contributed by atoms with Crippen LogP contribution in [0.15, 0.2) is 48.5 Å². The molecule has 0 heterocycles. The summed E-state index contributed by atoms with van der Waals surface area (Å²) in [5.41, 5.74) is 0.610. The van der Waals surface area contributed by atoms with Crippen molar-refractivity contribution in [1.82, 2.24) is 5.32 Å². The summed E-state index contributed by atoms with van der Waals surface area (Å²) in [5.74, 6) is -0.371. The number of ether oxygens (including phenoxy) is 2. The fourth-order valence-corrected chi connectivity index (χ4v) is 1.91. The quantitative estimate of drug-likeness (QED) is 0.630. The number of urea groups is 1. The molecule has 126 valence electrons. The molecule has 0 fully saturated rings. The molecule has 2 aromatic rings. The first-order valence-electron chi connectivity index (χ1n) is 7.20. The number of esters is 1. The van der Waals surface area contributed by atoms with Crippen molar-refractivity contribution in [2.24, 2.45) is 0 Å². The van der Waals surface area contributed by atoms with Crippen LogP contribution in [0.3, 0.4) is 0 Å². The Kier molecular flexibility index (Phi) is 6.13. The zero-order valence-electron chi connectivity index (χ0n) is 13.0. The van der Waals surface area contributed by atoms with E-state index < -0.39 is 12.0 Å². The Labute approximate surface area is 138 Å². The van der Waals surface area contributed by atoms with Crippen molar-refractivity contribution in [3.63, 3.8) is 0 Å². The van der Waals surface area contributed by atoms with E-state index in [0.717, 1.165) is 0 Å². The summed E-state index contributed by atoms with van der Waals surface area (Å²) >= 11 is 0. The summed E-state index contributed by atoms with van der Waals surface area (Å²) in [6.45, 7) is 0.460. The van der Waals surface area contributed by atoms with Crippen LogP contribution in [0, 0.1) is 5.82 Å². The second-order valence-electron chi connectivity index (χ2n) is 4.72. The van der Waals surface area contributed by atoms with Gasteiger partial charge < -0.3 is 20.1 Å². The van der Waals surface area contributed by atoms with Gasteiger partial charge in [0.15, 0.2) is 0 Å². The molecule has 0 saturated heterocycles. The minimum Gasteiger partial charge on any atom is -0.492 e. The number of hydrogen-bond acceptors (Lipinski definition) is 4. The molecule has 2 aromatic carbocycles. The highest BCUT2D eigenvalue weighted by Crippen LogP contribution is 2.15. The van der Waals surface area contributed by atoms with Crippen molar-refractivity contribution >= 4 is 17.7 Å². The lowest BCUT2D eigenvalue weighted by atomic mass is 10.2. The van der Waals surface area contributed by atoms with Crippen molar-refractivity contribution < 1.29 is 23.5 Å². The van der Waals surface area contributed by atoms with E-state index in [1.165, 1.54) is 31.4 Å². The molecule has 0 aromatic heterocycles. The molecule has 2 N–H and O–H groups in total. The van der Waals surface area contributed by atoms with Gasteiger partial charge in [0.1, 0.15) is 18.2 Å². The smallest absolute Gasteiger partial charge is 0.339 e. The minimum absolute atomic E-state index is 0.220. The third kappa shape index (κ3) is 4.98. The summed E-state index contributed by atoms with van der Waals surface area (Å²) in [6.07, 6.45) is 0. The van der Waals surface area contributed by atoms with Crippen molar-refractivity contribution in [3.05, 3.63) is 59.9 Å². The maximum absolute atomic E-state index is 12.7. The molecule has 0 saturated carbocycles. The third-order valence-corrected chi connectivity index (χ3v) is 3.05. The Morgan fingerprint density at radius 1 is 1.08 bits per heavy atom. The average Bonchev–Trinajstić information content (AvgIpc) is 2.60. The molecule has 0 spiro atoms. The molecule has 2 amide bonds. The average molecular weight is 332 g/mol. The molecule has 0 radical (unpaired) electrons. The van der Waals surface area contributed by atoms with E-state index in [1.807, 2.05) is 0 Å². The summed E-state index contributed by atoms with van der Waals surface area (Å²) in [6, 6.07) is 11.6. The zero-order chi connectivity index (χ0) is 17.4. The van der Waals surface area contributed by atoms with Crippen LogP contribution in [0.4, 0.5) is 14.9 Å². The number of hydrogen-bond donors (Lipinski definition) is 2. The standard InChI is InChI=1S/C17H17FN2O4/c1-23-16(21)14-4-2-3-5-15(14)20-17(22)19-10-11-24-13-8-6-12(18)7-9-13/h2-9H,10-11H2,1H3,(H2,19,20,22). The molecule has 7 heteroatoms. The molecule has 0 aliphatic heterocycles. The minimum atomic E-state index is -0.537. The van der Waals surface area contributed by atoms with Gasteiger partial charge in [-0.3, -0.25) is 0 Å². The summed E-state index contributed by atoms with van der Waals surface area (Å²) in [5, 5.41) is 5.17. The van der Waals surface area contributed by atoms with Gasteiger partial charge in [0.25, 0.3) is 0 Å². The Morgan fingerprint density at radius 3 is 2.50 bits per heavy atom. The van der Waals surface area contributed by atoms with E-state index in [-0.39, 0.29) is 24.5 Å². The fourth-order valence-electron chi connectivity index (χ4n) is 1.91. The predicted molar refractivity (Wildman–Crippen MR) is 86.7 cm³/mol. The molecule has 0 atom stereocenters. The lowest BCUT2D eigenvalue weighted by Gasteiger charge is -2.11. The Bertz CT molecular complexity index is 704. The fraction of sp³-hybridized carbons (Fsp3) is 0.176. The molecule has 0 unspecified atom stereocenters. The highest BCUT2D eigenvalue weighted by Gasteiger charge is 2.12. The van der Waals surface area contributed by atoms with Gasteiger partial charge >= 0.3 is 12.0 Å². The predicted octanol–water partition coefficient (Wildman–Crippen LogP) is 2.81. The molecule has 0 aliphatic carbocycles. The largest absolute Gasteiger partial charge is 0.492 e. The topological polar surface area (TPSA) is 76.7 Å². The highest BCUT2D eigenvalue weighted by atomic mass is 19.1. The monoisotopic (exact) mass is 332 g/mol. The normalized spacial score (nSPS) is 9.92. The maximum Gasteiger partial charge on any atom is 0.339 e. The van der Waals surface area contributed by atoms with Crippen LogP contribution in [0.5, 0.6) is 5.75 Å². The number of para-hydroxylation sites is 1. The summed E-state index contributed by atoms with van der Waals surface area (Å²) in [7, 11) is 1.27. The van der Waals surface area contributed by atoms with E-state index in [4.69, 9.17) is 4.74 Å². The van der Waals surface area contributed by atoms with Crippen LogP contribution in [0.25, 0.3) is 0 Å². The van der Waals surface area contributed by atoms with Crippen LogP contribution in [0.1, 0.15) is 10.4 Å². The van der Waals surface area contributed by atoms with Crippen LogP contribution in [0.2, 0.25) is 0 Å². The number of anilines is 1. The number of halogens is 1. The molecule has 2 rings (SSSR count). The van der Waals surface area contributed by atoms with Gasteiger partial charge in [-0.25, -0.2) is 14.0 Å². The van der Waals surface area contributed by atoms with Gasteiger partial charge in [0.05, 0.1) is 24.9 Å². The molecule has 6 nitrogen and oxygen atoms in total. The summed E-state index contributed by atoms with van der Waals surface area (Å²) < 4.78 is 22.8. The first-order valence-corrected chi connectivity index (χ1v) is 7.20. The number of benzene rings is 2. The van der Waals surface area contributed by atoms with Crippen LogP contribution < -0.4 is 15.4 Å².